The summed E-state index contributed by atoms with van der Waals surface area (Å²) in [5, 5.41) is 3.29. The molecule has 2 amide bonds. The Morgan fingerprint density at radius 3 is 2.08 bits per heavy atom. The van der Waals surface area contributed by atoms with Crippen LogP contribution in [0.1, 0.15) is 16.7 Å². The first kappa shape index (κ1) is 28.7. The Morgan fingerprint density at radius 2 is 1.51 bits per heavy atom. The number of nitrogens with zero attached hydrogens (tertiary/aromatic N) is 2. The molecule has 0 fully saturated rings. The molecule has 0 aromatic heterocycles. The van der Waals surface area contributed by atoms with E-state index in [0.29, 0.717) is 15.6 Å². The maximum Gasteiger partial charge on any atom is 0.243 e. The van der Waals surface area contributed by atoms with Crippen LogP contribution in [0.15, 0.2) is 77.7 Å². The molecule has 0 unspecified atom stereocenters. The number of aryl methyl sites for hydroxylation is 1. The number of rotatable bonds is 10. The van der Waals surface area contributed by atoms with E-state index in [-0.39, 0.29) is 17.9 Å². The summed E-state index contributed by atoms with van der Waals surface area (Å²) in [5.41, 5.74) is 2.21. The third kappa shape index (κ3) is 7.11. The summed E-state index contributed by atoms with van der Waals surface area (Å²) in [6.45, 7) is 1.29. The van der Waals surface area contributed by atoms with Gasteiger partial charge in [-0.15, -0.1) is 0 Å². The van der Waals surface area contributed by atoms with Crippen LogP contribution in [0.5, 0.6) is 0 Å². The number of amides is 2. The highest BCUT2D eigenvalue weighted by Crippen LogP contribution is 2.27. The molecule has 196 valence electrons. The SMILES string of the molecule is CNC(=O)[C@@H](Cc1ccccc1)N(Cc1c(Cl)cccc1Cl)C(=O)CN(C)S(=O)(=O)c1ccc(C)cc1. The van der Waals surface area contributed by atoms with Crippen molar-refractivity contribution in [2.45, 2.75) is 30.8 Å². The number of hydrogen-bond donors (Lipinski definition) is 1. The lowest BCUT2D eigenvalue weighted by Crippen LogP contribution is -2.52. The third-order valence-corrected chi connectivity index (χ3v) is 8.52. The molecule has 0 saturated heterocycles. The first-order chi connectivity index (χ1) is 17.5. The van der Waals surface area contributed by atoms with Gasteiger partial charge in [-0.1, -0.05) is 77.3 Å². The van der Waals surface area contributed by atoms with Crippen LogP contribution >= 0.6 is 23.2 Å². The maximum atomic E-state index is 13.7. The van der Waals surface area contributed by atoms with Crippen molar-refractivity contribution in [2.75, 3.05) is 20.6 Å². The predicted octanol–water partition coefficient (Wildman–Crippen LogP) is 4.31. The molecule has 10 heteroatoms. The Bertz CT molecular complexity index is 1330. The van der Waals surface area contributed by atoms with Crippen LogP contribution in [0, 0.1) is 6.92 Å². The van der Waals surface area contributed by atoms with Gasteiger partial charge in [0.1, 0.15) is 6.04 Å². The van der Waals surface area contributed by atoms with Crippen LogP contribution in [-0.4, -0.2) is 56.1 Å². The van der Waals surface area contributed by atoms with Gasteiger partial charge in [0.15, 0.2) is 0 Å². The molecule has 0 heterocycles. The Hall–Kier alpha value is -2.91. The summed E-state index contributed by atoms with van der Waals surface area (Å²) in [6, 6.07) is 19.7. The minimum absolute atomic E-state index is 0.0706. The highest BCUT2D eigenvalue weighted by atomic mass is 35.5. The summed E-state index contributed by atoms with van der Waals surface area (Å²) in [7, 11) is -1.13. The highest BCUT2D eigenvalue weighted by molar-refractivity contribution is 7.89. The van der Waals surface area contributed by atoms with Crippen molar-refractivity contribution in [2.24, 2.45) is 0 Å². The predicted molar refractivity (Wildman–Crippen MR) is 146 cm³/mol. The van der Waals surface area contributed by atoms with Crippen molar-refractivity contribution >= 4 is 45.0 Å². The van der Waals surface area contributed by atoms with Gasteiger partial charge in [0, 0.05) is 42.7 Å². The second-order valence-corrected chi connectivity index (χ2v) is 11.5. The molecule has 3 rings (SSSR count). The number of carbonyl (C=O) groups is 2. The van der Waals surface area contributed by atoms with E-state index in [1.807, 2.05) is 37.3 Å². The second kappa shape index (κ2) is 12.6. The average molecular weight is 563 g/mol. The van der Waals surface area contributed by atoms with E-state index in [0.717, 1.165) is 15.4 Å². The lowest BCUT2D eigenvalue weighted by Gasteiger charge is -2.32. The van der Waals surface area contributed by atoms with Crippen molar-refractivity contribution in [3.8, 4) is 0 Å². The number of sulfonamides is 1. The van der Waals surface area contributed by atoms with Crippen LogP contribution in [0.4, 0.5) is 0 Å². The van der Waals surface area contributed by atoms with Gasteiger partial charge in [-0.05, 0) is 36.8 Å². The van der Waals surface area contributed by atoms with E-state index in [1.165, 1.54) is 31.1 Å². The first-order valence-corrected chi connectivity index (χ1v) is 13.7. The van der Waals surface area contributed by atoms with Gasteiger partial charge in [0.2, 0.25) is 21.8 Å². The Labute approximate surface area is 228 Å². The molecule has 1 atom stereocenters. The molecule has 0 aliphatic heterocycles. The second-order valence-electron chi connectivity index (χ2n) is 8.62. The lowest BCUT2D eigenvalue weighted by atomic mass is 10.0. The van der Waals surface area contributed by atoms with E-state index in [2.05, 4.69) is 5.32 Å². The zero-order chi connectivity index (χ0) is 27.2. The molecule has 37 heavy (non-hydrogen) atoms. The molecule has 0 spiro atoms. The molecule has 3 aromatic carbocycles. The fourth-order valence-corrected chi connectivity index (χ4v) is 5.47. The number of carbonyl (C=O) groups excluding carboxylic acids is 2. The van der Waals surface area contributed by atoms with E-state index in [9.17, 15) is 18.0 Å². The van der Waals surface area contributed by atoms with Gasteiger partial charge in [0.05, 0.1) is 11.4 Å². The van der Waals surface area contributed by atoms with Crippen LogP contribution in [0.25, 0.3) is 0 Å². The quantitative estimate of drug-likeness (QED) is 0.399. The minimum Gasteiger partial charge on any atom is -0.357 e. The Balaban J connectivity index is 1.98. The Morgan fingerprint density at radius 1 is 0.919 bits per heavy atom. The summed E-state index contributed by atoms with van der Waals surface area (Å²) in [4.78, 5) is 28.2. The van der Waals surface area contributed by atoms with Gasteiger partial charge < -0.3 is 10.2 Å². The van der Waals surface area contributed by atoms with Crippen molar-refractivity contribution in [1.29, 1.82) is 0 Å². The third-order valence-electron chi connectivity index (χ3n) is 5.99. The molecule has 0 saturated carbocycles. The van der Waals surface area contributed by atoms with E-state index in [1.54, 1.807) is 30.3 Å². The van der Waals surface area contributed by atoms with Crippen LogP contribution < -0.4 is 5.32 Å². The summed E-state index contributed by atoms with van der Waals surface area (Å²) in [5.74, 6) is -0.969. The molecular weight excluding hydrogens is 533 g/mol. The number of benzene rings is 3. The van der Waals surface area contributed by atoms with E-state index in [4.69, 9.17) is 23.2 Å². The molecule has 0 radical (unpaired) electrons. The maximum absolute atomic E-state index is 13.7. The topological polar surface area (TPSA) is 86.8 Å². The van der Waals surface area contributed by atoms with Crippen LogP contribution in [0.2, 0.25) is 10.0 Å². The van der Waals surface area contributed by atoms with Gasteiger partial charge >= 0.3 is 0 Å². The first-order valence-electron chi connectivity index (χ1n) is 11.6. The summed E-state index contributed by atoms with van der Waals surface area (Å²) in [6.07, 6.45) is 0.211. The summed E-state index contributed by atoms with van der Waals surface area (Å²) < 4.78 is 27.3. The Kier molecular flexibility index (Phi) is 9.73. The van der Waals surface area contributed by atoms with Crippen molar-refractivity contribution in [1.82, 2.24) is 14.5 Å². The average Bonchev–Trinajstić information content (AvgIpc) is 2.87. The fraction of sp³-hybridized carbons (Fsp3) is 0.259. The van der Waals surface area contributed by atoms with Crippen molar-refractivity contribution < 1.29 is 18.0 Å². The van der Waals surface area contributed by atoms with Gasteiger partial charge in [0.25, 0.3) is 0 Å². The van der Waals surface area contributed by atoms with Crippen LogP contribution in [-0.2, 0) is 32.6 Å². The molecular formula is C27H29Cl2N3O4S. The van der Waals surface area contributed by atoms with Crippen molar-refractivity contribution in [3.05, 3.63) is 99.5 Å². The summed E-state index contributed by atoms with van der Waals surface area (Å²) >= 11 is 12.8. The normalized spacial score (nSPS) is 12.3. The van der Waals surface area contributed by atoms with Crippen molar-refractivity contribution in [3.63, 3.8) is 0 Å². The molecule has 1 N–H and O–H groups in total. The molecule has 7 nitrogen and oxygen atoms in total. The minimum atomic E-state index is -3.95. The smallest absolute Gasteiger partial charge is 0.243 e. The van der Waals surface area contributed by atoms with E-state index < -0.39 is 34.4 Å². The van der Waals surface area contributed by atoms with Gasteiger partial charge in [-0.2, -0.15) is 4.31 Å². The molecule has 0 bridgehead atoms. The zero-order valence-electron chi connectivity index (χ0n) is 20.8. The highest BCUT2D eigenvalue weighted by Gasteiger charge is 2.33. The number of nitrogens with one attached hydrogen (secondary N) is 1. The molecule has 0 aliphatic carbocycles. The standard InChI is InChI=1S/C27H29Cl2N3O4S/c1-19-12-14-21(15-13-19)37(35,36)31(3)18-26(33)32(17-22-23(28)10-7-11-24(22)29)25(27(34)30-2)16-20-8-5-4-6-9-20/h4-15,25H,16-18H2,1-3H3,(H,30,34)/t25-/m1/s1. The number of hydrogen-bond acceptors (Lipinski definition) is 4. The van der Waals surface area contributed by atoms with Gasteiger partial charge in [-0.3, -0.25) is 9.59 Å². The number of halogens is 2. The lowest BCUT2D eigenvalue weighted by molar-refractivity contribution is -0.141. The van der Waals surface area contributed by atoms with Crippen LogP contribution in [0.3, 0.4) is 0 Å². The molecule has 3 aromatic rings. The zero-order valence-corrected chi connectivity index (χ0v) is 23.1. The largest absolute Gasteiger partial charge is 0.357 e. The molecule has 0 aliphatic rings. The monoisotopic (exact) mass is 561 g/mol. The number of likely N-dealkylation sites (N-methyl/N-ethyl adjacent to an activating group) is 2. The fourth-order valence-electron chi connectivity index (χ4n) is 3.83. The van der Waals surface area contributed by atoms with E-state index >= 15 is 0 Å². The van der Waals surface area contributed by atoms with Gasteiger partial charge in [-0.25, -0.2) is 8.42 Å².